The predicted octanol–water partition coefficient (Wildman–Crippen LogP) is 1.55. The van der Waals surface area contributed by atoms with Gasteiger partial charge in [-0.2, -0.15) is 11.8 Å². The second-order valence-corrected chi connectivity index (χ2v) is 6.56. The van der Waals surface area contributed by atoms with E-state index in [9.17, 15) is 9.90 Å². The summed E-state index contributed by atoms with van der Waals surface area (Å²) < 4.78 is 6.15. The molecule has 7 heteroatoms. The minimum absolute atomic E-state index is 0.156. The first-order valence-electron chi connectivity index (χ1n) is 7.52. The first-order valence-corrected chi connectivity index (χ1v) is 8.91. The zero-order chi connectivity index (χ0) is 16.8. The van der Waals surface area contributed by atoms with E-state index in [2.05, 4.69) is 23.2 Å². The van der Waals surface area contributed by atoms with Crippen molar-refractivity contribution in [3.8, 4) is 11.4 Å². The van der Waals surface area contributed by atoms with Gasteiger partial charge in [0.2, 0.25) is 0 Å². The number of hydrogen-bond acceptors (Lipinski definition) is 6. The van der Waals surface area contributed by atoms with Crippen LogP contribution >= 0.6 is 11.8 Å². The first kappa shape index (κ1) is 17.8. The summed E-state index contributed by atoms with van der Waals surface area (Å²) in [7, 11) is 1.97. The number of hydrogen-bond donors (Lipinski definition) is 1. The highest BCUT2D eigenvalue weighted by Crippen LogP contribution is 2.15. The van der Waals surface area contributed by atoms with Gasteiger partial charge in [0.1, 0.15) is 0 Å². The Balaban J connectivity index is 2.08. The molecule has 0 fully saturated rings. The van der Waals surface area contributed by atoms with Crippen molar-refractivity contribution in [2.45, 2.75) is 25.6 Å². The van der Waals surface area contributed by atoms with Gasteiger partial charge in [-0.15, -0.1) is 0 Å². The second kappa shape index (κ2) is 8.33. The molecule has 126 valence electrons. The monoisotopic (exact) mass is 337 g/mol. The summed E-state index contributed by atoms with van der Waals surface area (Å²) in [5.74, 6) is 0.878. The first-order chi connectivity index (χ1) is 11.0. The third-order valence-electron chi connectivity index (χ3n) is 3.77. The molecule has 1 N–H and O–H groups in total. The van der Waals surface area contributed by atoms with Crippen molar-refractivity contribution in [3.63, 3.8) is 0 Å². The van der Waals surface area contributed by atoms with Gasteiger partial charge in [-0.05, 0) is 20.2 Å². The van der Waals surface area contributed by atoms with Gasteiger partial charge in [-0.1, -0.05) is 35.5 Å². The predicted molar refractivity (Wildman–Crippen MR) is 92.7 cm³/mol. The molecule has 2 atom stereocenters. The number of likely N-dealkylation sites (N-methyl/N-ethyl adjacent to an activating group) is 1. The molecule has 0 saturated carbocycles. The van der Waals surface area contributed by atoms with Crippen molar-refractivity contribution in [1.29, 1.82) is 0 Å². The molecule has 0 aliphatic rings. The molecule has 2 rings (SSSR count). The Kier molecular flexibility index (Phi) is 6.44. The summed E-state index contributed by atoms with van der Waals surface area (Å²) in [6, 6.07) is 9.69. The minimum Gasteiger partial charge on any atom is -0.390 e. The Bertz CT molecular complexity index is 656. The molecule has 1 aromatic carbocycles. The van der Waals surface area contributed by atoms with E-state index >= 15 is 0 Å². The molecule has 2 unspecified atom stereocenters. The van der Waals surface area contributed by atoms with Crippen LogP contribution in [0.1, 0.15) is 6.92 Å². The normalized spacial score (nSPS) is 14.1. The largest absolute Gasteiger partial charge is 0.441 e. The van der Waals surface area contributed by atoms with E-state index in [-0.39, 0.29) is 6.54 Å². The van der Waals surface area contributed by atoms with Crippen LogP contribution in [0.25, 0.3) is 11.4 Å². The molecule has 0 radical (unpaired) electrons. The van der Waals surface area contributed by atoms with Crippen LogP contribution in [0.15, 0.2) is 39.6 Å². The second-order valence-electron chi connectivity index (χ2n) is 5.65. The van der Waals surface area contributed by atoms with Gasteiger partial charge >= 0.3 is 5.76 Å². The molecule has 1 aromatic heterocycles. The van der Waals surface area contributed by atoms with E-state index in [0.29, 0.717) is 18.4 Å². The Morgan fingerprint density at radius 1 is 1.39 bits per heavy atom. The summed E-state index contributed by atoms with van der Waals surface area (Å²) in [5, 5.41) is 14.2. The van der Waals surface area contributed by atoms with E-state index in [1.807, 2.05) is 37.4 Å². The van der Waals surface area contributed by atoms with E-state index in [0.717, 1.165) is 11.3 Å². The zero-order valence-electron chi connectivity index (χ0n) is 13.7. The van der Waals surface area contributed by atoms with Gasteiger partial charge in [0.25, 0.3) is 0 Å². The van der Waals surface area contributed by atoms with E-state index in [4.69, 9.17) is 4.52 Å². The highest BCUT2D eigenvalue weighted by atomic mass is 32.2. The van der Waals surface area contributed by atoms with Crippen molar-refractivity contribution < 1.29 is 9.63 Å². The van der Waals surface area contributed by atoms with Gasteiger partial charge in [0, 0.05) is 23.9 Å². The SMILES string of the molecule is CSCC(C)N(C)CC(O)Cn1c(-c2ccccc2)noc1=O. The van der Waals surface area contributed by atoms with E-state index < -0.39 is 11.9 Å². The average Bonchev–Trinajstić information content (AvgIpc) is 2.89. The van der Waals surface area contributed by atoms with E-state index in [1.54, 1.807) is 11.8 Å². The fourth-order valence-electron chi connectivity index (χ4n) is 2.37. The van der Waals surface area contributed by atoms with Crippen LogP contribution in [-0.4, -0.2) is 57.5 Å². The molecule has 0 saturated heterocycles. The van der Waals surface area contributed by atoms with Crippen LogP contribution in [0, 0.1) is 0 Å². The number of aliphatic hydroxyl groups excluding tert-OH is 1. The lowest BCUT2D eigenvalue weighted by atomic mass is 10.2. The fraction of sp³-hybridized carbons (Fsp3) is 0.500. The van der Waals surface area contributed by atoms with Crippen molar-refractivity contribution in [3.05, 3.63) is 40.9 Å². The van der Waals surface area contributed by atoms with Crippen LogP contribution in [0.4, 0.5) is 0 Å². The smallest absolute Gasteiger partial charge is 0.390 e. The highest BCUT2D eigenvalue weighted by Gasteiger charge is 2.18. The lowest BCUT2D eigenvalue weighted by Crippen LogP contribution is -2.39. The zero-order valence-corrected chi connectivity index (χ0v) is 14.5. The van der Waals surface area contributed by atoms with E-state index in [1.165, 1.54) is 4.57 Å². The summed E-state index contributed by atoms with van der Waals surface area (Å²) in [4.78, 5) is 14.0. The molecule has 0 aliphatic carbocycles. The molecule has 1 heterocycles. The maximum Gasteiger partial charge on any atom is 0.441 e. The van der Waals surface area contributed by atoms with Crippen LogP contribution < -0.4 is 5.76 Å². The summed E-state index contributed by atoms with van der Waals surface area (Å²) >= 11 is 1.77. The average molecular weight is 337 g/mol. The number of aliphatic hydroxyl groups is 1. The van der Waals surface area contributed by atoms with Crippen molar-refractivity contribution in [2.24, 2.45) is 0 Å². The third kappa shape index (κ3) is 4.70. The standard InChI is InChI=1S/C16H23N3O3S/c1-12(11-23-3)18(2)9-14(20)10-19-15(17-22-16(19)21)13-7-5-4-6-8-13/h4-8,12,14,20H,9-11H2,1-3H3. The number of aromatic nitrogens is 2. The van der Waals surface area contributed by atoms with Crippen molar-refractivity contribution in [1.82, 2.24) is 14.6 Å². The van der Waals surface area contributed by atoms with Gasteiger partial charge in [-0.25, -0.2) is 4.79 Å². The molecule has 2 aromatic rings. The molecule has 0 amide bonds. The van der Waals surface area contributed by atoms with Crippen LogP contribution in [-0.2, 0) is 6.54 Å². The lowest BCUT2D eigenvalue weighted by molar-refractivity contribution is 0.0967. The van der Waals surface area contributed by atoms with Crippen LogP contribution in [0.5, 0.6) is 0 Å². The number of thioether (sulfide) groups is 1. The quantitative estimate of drug-likeness (QED) is 0.788. The maximum absolute atomic E-state index is 11.9. The summed E-state index contributed by atoms with van der Waals surface area (Å²) in [6.45, 7) is 2.75. The van der Waals surface area contributed by atoms with Crippen molar-refractivity contribution >= 4 is 11.8 Å². The minimum atomic E-state index is -0.677. The Morgan fingerprint density at radius 3 is 2.74 bits per heavy atom. The molecule has 0 bridgehead atoms. The van der Waals surface area contributed by atoms with Crippen LogP contribution in [0.3, 0.4) is 0 Å². The lowest BCUT2D eigenvalue weighted by Gasteiger charge is -2.26. The highest BCUT2D eigenvalue weighted by molar-refractivity contribution is 7.98. The van der Waals surface area contributed by atoms with Gasteiger partial charge in [0.15, 0.2) is 5.82 Å². The fourth-order valence-corrected chi connectivity index (χ4v) is 3.11. The number of nitrogens with zero attached hydrogens (tertiary/aromatic N) is 3. The Hall–Kier alpha value is -1.57. The molecule has 6 nitrogen and oxygen atoms in total. The third-order valence-corrected chi connectivity index (χ3v) is 4.59. The van der Waals surface area contributed by atoms with Gasteiger partial charge < -0.3 is 10.0 Å². The summed E-state index contributed by atoms with van der Waals surface area (Å²) in [5.41, 5.74) is 0.787. The molecular formula is C16H23N3O3S. The Morgan fingerprint density at radius 2 is 2.09 bits per heavy atom. The van der Waals surface area contributed by atoms with Crippen molar-refractivity contribution in [2.75, 3.05) is 25.6 Å². The maximum atomic E-state index is 11.9. The van der Waals surface area contributed by atoms with Gasteiger partial charge in [0.05, 0.1) is 12.6 Å². The topological polar surface area (TPSA) is 71.5 Å². The molecule has 23 heavy (non-hydrogen) atoms. The molecular weight excluding hydrogens is 314 g/mol. The van der Waals surface area contributed by atoms with Gasteiger partial charge in [-0.3, -0.25) is 9.09 Å². The Labute approximate surface area is 140 Å². The van der Waals surface area contributed by atoms with Crippen LogP contribution in [0.2, 0.25) is 0 Å². The summed E-state index contributed by atoms with van der Waals surface area (Å²) in [6.07, 6.45) is 1.38. The molecule has 0 spiro atoms. The molecule has 0 aliphatic heterocycles. The number of rotatable bonds is 8. The number of benzene rings is 1.